The summed E-state index contributed by atoms with van der Waals surface area (Å²) in [5, 5.41) is 0. The molecule has 4 rings (SSSR count). The van der Waals surface area contributed by atoms with Crippen LogP contribution in [0, 0.1) is 5.82 Å². The Morgan fingerprint density at radius 1 is 1.11 bits per heavy atom. The summed E-state index contributed by atoms with van der Waals surface area (Å²) in [6.45, 7) is 1.17. The molecule has 0 spiro atoms. The molecule has 2 aliphatic rings. The van der Waals surface area contributed by atoms with Crippen molar-refractivity contribution in [3.05, 3.63) is 69.9 Å². The summed E-state index contributed by atoms with van der Waals surface area (Å²) < 4.78 is 14.9. The Morgan fingerprint density at radius 2 is 1.86 bits per heavy atom. The van der Waals surface area contributed by atoms with Gasteiger partial charge < -0.3 is 14.7 Å². The van der Waals surface area contributed by atoms with Crippen molar-refractivity contribution in [3.63, 3.8) is 0 Å². The molecule has 0 aliphatic carbocycles. The smallest absolute Gasteiger partial charge is 0.321 e. The molecular formula is C21H21BrFN3O2. The molecule has 7 heteroatoms. The molecule has 0 aromatic heterocycles. The second-order valence-electron chi connectivity index (χ2n) is 7.38. The van der Waals surface area contributed by atoms with Crippen molar-refractivity contribution < 1.29 is 14.0 Å². The first-order valence-electron chi connectivity index (χ1n) is 9.24. The summed E-state index contributed by atoms with van der Waals surface area (Å²) >= 11 is 3.25. The zero-order chi connectivity index (χ0) is 19.8. The van der Waals surface area contributed by atoms with E-state index in [9.17, 15) is 14.0 Å². The van der Waals surface area contributed by atoms with Gasteiger partial charge in [-0.05, 0) is 17.7 Å². The summed E-state index contributed by atoms with van der Waals surface area (Å²) in [5.74, 6) is -0.397. The van der Waals surface area contributed by atoms with Crippen molar-refractivity contribution in [2.24, 2.45) is 0 Å². The lowest BCUT2D eigenvalue weighted by Gasteiger charge is -2.40. The molecule has 2 heterocycles. The van der Waals surface area contributed by atoms with Gasteiger partial charge in [-0.25, -0.2) is 9.18 Å². The van der Waals surface area contributed by atoms with Gasteiger partial charge in [0.15, 0.2) is 0 Å². The molecule has 5 nitrogen and oxygen atoms in total. The van der Waals surface area contributed by atoms with E-state index in [0.717, 1.165) is 5.56 Å². The minimum Gasteiger partial charge on any atom is -0.342 e. The quantitative estimate of drug-likeness (QED) is 0.724. The van der Waals surface area contributed by atoms with Crippen molar-refractivity contribution in [3.8, 4) is 0 Å². The summed E-state index contributed by atoms with van der Waals surface area (Å²) in [6.07, 6.45) is 0.479. The van der Waals surface area contributed by atoms with Gasteiger partial charge in [0, 0.05) is 36.6 Å². The van der Waals surface area contributed by atoms with Crippen LogP contribution in [0.2, 0.25) is 0 Å². The topological polar surface area (TPSA) is 43.9 Å². The number of rotatable bonds is 4. The highest BCUT2D eigenvalue weighted by molar-refractivity contribution is 9.10. The van der Waals surface area contributed by atoms with Crippen LogP contribution < -0.4 is 0 Å². The first-order valence-corrected chi connectivity index (χ1v) is 10.0. The van der Waals surface area contributed by atoms with Crippen LogP contribution in [0.15, 0.2) is 53.0 Å². The van der Waals surface area contributed by atoms with Gasteiger partial charge in [0.2, 0.25) is 5.91 Å². The van der Waals surface area contributed by atoms with E-state index in [0.29, 0.717) is 29.5 Å². The van der Waals surface area contributed by atoms with E-state index in [1.165, 1.54) is 6.07 Å². The van der Waals surface area contributed by atoms with E-state index < -0.39 is 6.04 Å². The monoisotopic (exact) mass is 445 g/mol. The van der Waals surface area contributed by atoms with Gasteiger partial charge in [0.05, 0.1) is 12.6 Å². The molecule has 0 bridgehead atoms. The molecule has 2 aromatic carbocycles. The van der Waals surface area contributed by atoms with Gasteiger partial charge in [0.1, 0.15) is 11.9 Å². The third-order valence-corrected chi connectivity index (χ3v) is 5.94. The van der Waals surface area contributed by atoms with Crippen LogP contribution in [0.1, 0.15) is 11.1 Å². The molecule has 3 amide bonds. The number of benzene rings is 2. The average molecular weight is 446 g/mol. The fraction of sp³-hybridized carbons (Fsp3) is 0.333. The summed E-state index contributed by atoms with van der Waals surface area (Å²) in [7, 11) is 1.78. The highest BCUT2D eigenvalue weighted by Crippen LogP contribution is 2.29. The average Bonchev–Trinajstić information content (AvgIpc) is 2.97. The molecule has 2 aliphatic heterocycles. The first kappa shape index (κ1) is 18.9. The van der Waals surface area contributed by atoms with Crippen LogP contribution in [0.25, 0.3) is 0 Å². The van der Waals surface area contributed by atoms with Crippen molar-refractivity contribution in [2.75, 3.05) is 20.1 Å². The maximum atomic E-state index is 14.2. The third kappa shape index (κ3) is 3.51. The lowest BCUT2D eigenvalue weighted by Crippen LogP contribution is -2.60. The maximum Gasteiger partial charge on any atom is 0.321 e. The highest BCUT2D eigenvalue weighted by atomic mass is 79.9. The molecule has 2 fully saturated rings. The summed E-state index contributed by atoms with van der Waals surface area (Å²) in [5.41, 5.74) is 1.48. The zero-order valence-electron chi connectivity index (χ0n) is 15.5. The lowest BCUT2D eigenvalue weighted by molar-refractivity contribution is -0.139. The fourth-order valence-corrected chi connectivity index (χ4v) is 4.40. The first-order chi connectivity index (χ1) is 13.4. The van der Waals surface area contributed by atoms with Crippen molar-refractivity contribution in [2.45, 2.75) is 25.0 Å². The van der Waals surface area contributed by atoms with Crippen LogP contribution in [-0.2, 0) is 17.8 Å². The number of hydrogen-bond donors (Lipinski definition) is 0. The van der Waals surface area contributed by atoms with E-state index in [2.05, 4.69) is 15.9 Å². The minimum atomic E-state index is -0.529. The minimum absolute atomic E-state index is 0.0508. The maximum absolute atomic E-state index is 14.2. The zero-order valence-corrected chi connectivity index (χ0v) is 17.1. The summed E-state index contributed by atoms with van der Waals surface area (Å²) in [4.78, 5) is 31.0. The Morgan fingerprint density at radius 3 is 2.57 bits per heavy atom. The van der Waals surface area contributed by atoms with E-state index in [4.69, 9.17) is 0 Å². The van der Waals surface area contributed by atoms with E-state index >= 15 is 0 Å². The molecule has 28 heavy (non-hydrogen) atoms. The number of halogens is 2. The Kier molecular flexibility index (Phi) is 5.10. The number of nitrogens with zero attached hydrogens (tertiary/aromatic N) is 3. The SMILES string of the molecule is CN1C[C@@H]2CN(Cc3ccc(Br)cc3F)C(=O)N2[C@@H](Cc2ccccc2)C1=O. The van der Waals surface area contributed by atoms with Crippen molar-refractivity contribution >= 4 is 27.9 Å². The molecule has 2 atom stereocenters. The number of piperazine rings is 1. The van der Waals surface area contributed by atoms with Crippen molar-refractivity contribution in [1.29, 1.82) is 0 Å². The van der Waals surface area contributed by atoms with E-state index in [1.54, 1.807) is 33.9 Å². The number of fused-ring (bicyclic) bond motifs is 1. The van der Waals surface area contributed by atoms with Gasteiger partial charge in [-0.2, -0.15) is 0 Å². The molecule has 0 unspecified atom stereocenters. The second kappa shape index (κ2) is 7.54. The van der Waals surface area contributed by atoms with Gasteiger partial charge in [-0.3, -0.25) is 4.79 Å². The van der Waals surface area contributed by atoms with Crippen LogP contribution in [0.4, 0.5) is 9.18 Å². The van der Waals surface area contributed by atoms with Crippen LogP contribution in [-0.4, -0.2) is 58.9 Å². The Hall–Kier alpha value is -2.41. The van der Waals surface area contributed by atoms with Crippen LogP contribution in [0.3, 0.4) is 0 Å². The van der Waals surface area contributed by atoms with Crippen LogP contribution in [0.5, 0.6) is 0 Å². The van der Waals surface area contributed by atoms with Gasteiger partial charge in [-0.1, -0.05) is 52.3 Å². The molecule has 2 saturated heterocycles. The van der Waals surface area contributed by atoms with Gasteiger partial charge >= 0.3 is 6.03 Å². The number of urea groups is 1. The molecule has 0 saturated carbocycles. The molecular weight excluding hydrogens is 425 g/mol. The van der Waals surface area contributed by atoms with Gasteiger partial charge in [-0.15, -0.1) is 0 Å². The van der Waals surface area contributed by atoms with E-state index in [-0.39, 0.29) is 30.3 Å². The molecule has 0 radical (unpaired) electrons. The number of hydrogen-bond acceptors (Lipinski definition) is 2. The number of carbonyl (C=O) groups is 2. The number of carbonyl (C=O) groups excluding carboxylic acids is 2. The third-order valence-electron chi connectivity index (χ3n) is 5.45. The number of likely N-dealkylation sites (N-methyl/N-ethyl adjacent to an activating group) is 1. The Labute approximate surface area is 171 Å². The standard InChI is InChI=1S/C21H21BrFN3O2/c1-24-12-17-13-25(11-15-7-8-16(22)10-18(15)23)21(28)26(17)19(20(24)27)9-14-5-3-2-4-6-14/h2-8,10,17,19H,9,11-13H2,1H3/t17-,19+/m1/s1. The molecule has 0 N–H and O–H groups in total. The van der Waals surface area contributed by atoms with E-state index in [1.807, 2.05) is 30.3 Å². The number of amides is 3. The highest BCUT2D eigenvalue weighted by Gasteiger charge is 2.48. The summed E-state index contributed by atoms with van der Waals surface area (Å²) in [6, 6.07) is 13.8. The Balaban J connectivity index is 1.57. The largest absolute Gasteiger partial charge is 0.342 e. The normalized spacial score (nSPS) is 22.0. The second-order valence-corrected chi connectivity index (χ2v) is 8.30. The fourth-order valence-electron chi connectivity index (χ4n) is 4.06. The van der Waals surface area contributed by atoms with Gasteiger partial charge in [0.25, 0.3) is 0 Å². The lowest BCUT2D eigenvalue weighted by atomic mass is 9.99. The Bertz CT molecular complexity index is 908. The van der Waals surface area contributed by atoms with Crippen molar-refractivity contribution in [1.82, 2.24) is 14.7 Å². The predicted molar refractivity (Wildman–Crippen MR) is 107 cm³/mol. The van der Waals surface area contributed by atoms with Crippen LogP contribution >= 0.6 is 15.9 Å². The molecule has 146 valence electrons. The molecule has 2 aromatic rings. The predicted octanol–water partition coefficient (Wildman–Crippen LogP) is 3.28.